The molecule has 3 nitrogen and oxygen atoms in total. The molecule has 0 spiro atoms. The summed E-state index contributed by atoms with van der Waals surface area (Å²) in [6, 6.07) is 11.4. The highest BCUT2D eigenvalue weighted by atomic mass is 15.1. The van der Waals surface area contributed by atoms with Crippen LogP contribution >= 0.6 is 0 Å². The SMILES string of the molecule is c1cc(CNC2CCCCC2)cc(-c2ccn[nH]2)c1. The van der Waals surface area contributed by atoms with Crippen LogP contribution in [0.15, 0.2) is 36.5 Å². The van der Waals surface area contributed by atoms with Gasteiger partial charge >= 0.3 is 0 Å². The average Bonchev–Trinajstić information content (AvgIpc) is 3.01. The lowest BCUT2D eigenvalue weighted by atomic mass is 9.95. The van der Waals surface area contributed by atoms with Crippen molar-refractivity contribution in [2.75, 3.05) is 0 Å². The van der Waals surface area contributed by atoms with Gasteiger partial charge in [0.1, 0.15) is 0 Å². The Morgan fingerprint density at radius 2 is 2.05 bits per heavy atom. The van der Waals surface area contributed by atoms with E-state index in [2.05, 4.69) is 39.8 Å². The van der Waals surface area contributed by atoms with Crippen LogP contribution in [0.3, 0.4) is 0 Å². The van der Waals surface area contributed by atoms with E-state index in [1.54, 1.807) is 6.20 Å². The first-order chi connectivity index (χ1) is 9.42. The third-order valence-corrected chi connectivity index (χ3v) is 3.94. The van der Waals surface area contributed by atoms with Crippen LogP contribution in [-0.4, -0.2) is 16.2 Å². The van der Waals surface area contributed by atoms with Crippen molar-refractivity contribution < 1.29 is 0 Å². The van der Waals surface area contributed by atoms with Crippen molar-refractivity contribution in [3.05, 3.63) is 42.1 Å². The van der Waals surface area contributed by atoms with Crippen molar-refractivity contribution >= 4 is 0 Å². The van der Waals surface area contributed by atoms with Crippen LogP contribution in [0.25, 0.3) is 11.3 Å². The Morgan fingerprint density at radius 1 is 1.16 bits per heavy atom. The predicted octanol–water partition coefficient (Wildman–Crippen LogP) is 3.50. The molecule has 1 heterocycles. The molecule has 100 valence electrons. The maximum Gasteiger partial charge on any atom is 0.0650 e. The van der Waals surface area contributed by atoms with E-state index in [9.17, 15) is 0 Å². The number of H-pyrrole nitrogens is 1. The first kappa shape index (κ1) is 12.4. The number of hydrogen-bond donors (Lipinski definition) is 2. The fourth-order valence-corrected chi connectivity index (χ4v) is 2.83. The molecule has 1 aromatic carbocycles. The molecule has 1 aromatic heterocycles. The highest BCUT2D eigenvalue weighted by molar-refractivity contribution is 5.59. The van der Waals surface area contributed by atoms with E-state index < -0.39 is 0 Å². The quantitative estimate of drug-likeness (QED) is 0.878. The second-order valence-electron chi connectivity index (χ2n) is 5.39. The number of benzene rings is 1. The van der Waals surface area contributed by atoms with Gasteiger partial charge in [-0.25, -0.2) is 0 Å². The average molecular weight is 255 g/mol. The molecule has 2 N–H and O–H groups in total. The Morgan fingerprint density at radius 3 is 2.84 bits per heavy atom. The van der Waals surface area contributed by atoms with E-state index in [1.165, 1.54) is 43.2 Å². The van der Waals surface area contributed by atoms with Gasteiger partial charge in [0.15, 0.2) is 0 Å². The van der Waals surface area contributed by atoms with Gasteiger partial charge in [-0.1, -0.05) is 37.5 Å². The topological polar surface area (TPSA) is 40.7 Å². The van der Waals surface area contributed by atoms with Crippen molar-refractivity contribution in [1.29, 1.82) is 0 Å². The molecule has 19 heavy (non-hydrogen) atoms. The Bertz CT molecular complexity index is 498. The summed E-state index contributed by atoms with van der Waals surface area (Å²) in [6.45, 7) is 0.965. The number of rotatable bonds is 4. The third kappa shape index (κ3) is 3.24. The number of aromatic amines is 1. The number of nitrogens with one attached hydrogen (secondary N) is 2. The fourth-order valence-electron chi connectivity index (χ4n) is 2.83. The Kier molecular flexibility index (Phi) is 3.94. The van der Waals surface area contributed by atoms with E-state index >= 15 is 0 Å². The molecule has 3 heteroatoms. The van der Waals surface area contributed by atoms with Crippen LogP contribution in [0, 0.1) is 0 Å². The lowest BCUT2D eigenvalue weighted by Crippen LogP contribution is -2.30. The first-order valence-electron chi connectivity index (χ1n) is 7.24. The van der Waals surface area contributed by atoms with Gasteiger partial charge in [0.2, 0.25) is 0 Å². The van der Waals surface area contributed by atoms with Gasteiger partial charge in [0.25, 0.3) is 0 Å². The van der Waals surface area contributed by atoms with E-state index in [0.29, 0.717) is 6.04 Å². The van der Waals surface area contributed by atoms with Crippen molar-refractivity contribution in [1.82, 2.24) is 15.5 Å². The molecule has 0 radical (unpaired) electrons. The van der Waals surface area contributed by atoms with Gasteiger partial charge in [-0.2, -0.15) is 5.10 Å². The minimum absolute atomic E-state index is 0.713. The second-order valence-corrected chi connectivity index (χ2v) is 5.39. The lowest BCUT2D eigenvalue weighted by Gasteiger charge is -2.22. The third-order valence-electron chi connectivity index (χ3n) is 3.94. The number of aromatic nitrogens is 2. The van der Waals surface area contributed by atoms with E-state index in [0.717, 1.165) is 12.2 Å². The van der Waals surface area contributed by atoms with Crippen LogP contribution in [-0.2, 0) is 6.54 Å². The highest BCUT2D eigenvalue weighted by Gasteiger charge is 2.12. The van der Waals surface area contributed by atoms with Crippen LogP contribution in [0.5, 0.6) is 0 Å². The fraction of sp³-hybridized carbons (Fsp3) is 0.438. The molecule has 0 amide bonds. The van der Waals surface area contributed by atoms with Crippen LogP contribution in [0.1, 0.15) is 37.7 Å². The summed E-state index contributed by atoms with van der Waals surface area (Å²) >= 11 is 0. The summed E-state index contributed by atoms with van der Waals surface area (Å²) in [5.41, 5.74) is 3.64. The molecule has 2 aromatic rings. The second kappa shape index (κ2) is 6.02. The zero-order valence-electron chi connectivity index (χ0n) is 11.2. The lowest BCUT2D eigenvalue weighted by molar-refractivity contribution is 0.372. The zero-order chi connectivity index (χ0) is 12.9. The van der Waals surface area contributed by atoms with Gasteiger partial charge in [-0.3, -0.25) is 5.10 Å². The molecule has 0 saturated heterocycles. The normalized spacial score (nSPS) is 16.6. The molecule has 1 aliphatic rings. The standard InChI is InChI=1S/C16H21N3/c1-2-7-15(8-3-1)17-12-13-5-4-6-14(11-13)16-9-10-18-19-16/h4-6,9-11,15,17H,1-3,7-8,12H2,(H,18,19). The largest absolute Gasteiger partial charge is 0.310 e. The molecule has 0 bridgehead atoms. The summed E-state index contributed by atoms with van der Waals surface area (Å²) in [4.78, 5) is 0. The summed E-state index contributed by atoms with van der Waals surface area (Å²) in [5.74, 6) is 0. The first-order valence-corrected chi connectivity index (χ1v) is 7.24. The maximum atomic E-state index is 4.01. The molecule has 3 rings (SSSR count). The molecule has 1 saturated carbocycles. The molecular weight excluding hydrogens is 234 g/mol. The zero-order valence-corrected chi connectivity index (χ0v) is 11.2. The summed E-state index contributed by atoms with van der Waals surface area (Å²) in [6.07, 6.45) is 8.63. The maximum absolute atomic E-state index is 4.01. The number of nitrogens with zero attached hydrogens (tertiary/aromatic N) is 1. The van der Waals surface area contributed by atoms with E-state index in [4.69, 9.17) is 0 Å². The minimum Gasteiger partial charge on any atom is -0.310 e. The molecule has 1 fully saturated rings. The van der Waals surface area contributed by atoms with Crippen LogP contribution < -0.4 is 5.32 Å². The molecule has 0 unspecified atom stereocenters. The Labute approximate surface area is 114 Å². The smallest absolute Gasteiger partial charge is 0.0650 e. The summed E-state index contributed by atoms with van der Waals surface area (Å²) in [7, 11) is 0. The van der Waals surface area contributed by atoms with Crippen molar-refractivity contribution in [3.8, 4) is 11.3 Å². The Balaban J connectivity index is 1.63. The van der Waals surface area contributed by atoms with Gasteiger partial charge in [-0.15, -0.1) is 0 Å². The molecule has 0 aliphatic heterocycles. The number of hydrogen-bond acceptors (Lipinski definition) is 2. The summed E-state index contributed by atoms with van der Waals surface area (Å²) < 4.78 is 0. The van der Waals surface area contributed by atoms with Crippen LogP contribution in [0.2, 0.25) is 0 Å². The minimum atomic E-state index is 0.713. The summed E-state index contributed by atoms with van der Waals surface area (Å²) in [5, 5.41) is 10.7. The van der Waals surface area contributed by atoms with Gasteiger partial charge in [-0.05, 0) is 36.1 Å². The molecule has 1 aliphatic carbocycles. The van der Waals surface area contributed by atoms with Gasteiger partial charge in [0.05, 0.1) is 5.69 Å². The predicted molar refractivity (Wildman–Crippen MR) is 77.7 cm³/mol. The molecule has 0 atom stereocenters. The van der Waals surface area contributed by atoms with Crippen molar-refractivity contribution in [2.45, 2.75) is 44.7 Å². The Hall–Kier alpha value is -1.61. The highest BCUT2D eigenvalue weighted by Crippen LogP contribution is 2.20. The van der Waals surface area contributed by atoms with Crippen molar-refractivity contribution in [2.24, 2.45) is 0 Å². The van der Waals surface area contributed by atoms with Crippen molar-refractivity contribution in [3.63, 3.8) is 0 Å². The van der Waals surface area contributed by atoms with Crippen LogP contribution in [0.4, 0.5) is 0 Å². The van der Waals surface area contributed by atoms with E-state index in [-0.39, 0.29) is 0 Å². The van der Waals surface area contributed by atoms with Gasteiger partial charge in [0, 0.05) is 18.8 Å². The van der Waals surface area contributed by atoms with E-state index in [1.807, 2.05) is 6.07 Å². The monoisotopic (exact) mass is 255 g/mol. The van der Waals surface area contributed by atoms with Gasteiger partial charge < -0.3 is 5.32 Å². The molecular formula is C16H21N3.